The number of hydrogen-bond acceptors (Lipinski definition) is 8. The maximum atomic E-state index is 13.6. The van der Waals surface area contributed by atoms with Crippen LogP contribution in [0.1, 0.15) is 75.9 Å². The molecule has 1 aliphatic rings. The fourth-order valence-electron chi connectivity index (χ4n) is 6.63. The first-order valence-corrected chi connectivity index (χ1v) is 17.7. The van der Waals surface area contributed by atoms with Crippen LogP contribution < -0.4 is 16.6 Å². The quantitative estimate of drug-likeness (QED) is 0.0974. The number of ether oxygens (including phenoxy) is 4. The third-order valence-corrected chi connectivity index (χ3v) is 9.20. The van der Waals surface area contributed by atoms with Crippen LogP contribution in [-0.2, 0) is 29.2 Å². The molecule has 3 aromatic carbocycles. The molecule has 4 aromatic rings. The SMILES string of the molecule is Cc1cn([C@H]2C[C@H](OC(=O)C(NC(=O)OC(C)(C)C)C(C)C)[C@@H](COCCC(c3ccccc3)(c3ccccc3)c3ccccc3)O2)c(=O)[nH]c1=O. The largest absolute Gasteiger partial charge is 0.458 e. The molecule has 1 amide bonds. The van der Waals surface area contributed by atoms with Gasteiger partial charge in [-0.3, -0.25) is 14.3 Å². The summed E-state index contributed by atoms with van der Waals surface area (Å²) < 4.78 is 25.4. The lowest BCUT2D eigenvalue weighted by Crippen LogP contribution is -2.48. The van der Waals surface area contributed by atoms with Gasteiger partial charge < -0.3 is 24.3 Å². The van der Waals surface area contributed by atoms with E-state index < -0.39 is 58.8 Å². The van der Waals surface area contributed by atoms with Crippen molar-refractivity contribution in [2.75, 3.05) is 13.2 Å². The Bertz CT molecular complexity index is 1810. The Morgan fingerprint density at radius 3 is 1.94 bits per heavy atom. The molecular formula is C41H49N3O8. The number of benzene rings is 3. The average Bonchev–Trinajstić information content (AvgIpc) is 3.50. The molecule has 1 unspecified atom stereocenters. The summed E-state index contributed by atoms with van der Waals surface area (Å²) in [7, 11) is 0. The van der Waals surface area contributed by atoms with Crippen LogP contribution in [0.5, 0.6) is 0 Å². The van der Waals surface area contributed by atoms with Crippen LogP contribution in [-0.4, -0.2) is 58.7 Å². The highest BCUT2D eigenvalue weighted by Crippen LogP contribution is 2.42. The van der Waals surface area contributed by atoms with Crippen LogP contribution in [0, 0.1) is 12.8 Å². The molecule has 0 aliphatic carbocycles. The number of esters is 1. The number of carbonyl (C=O) groups excluding carboxylic acids is 2. The number of nitrogens with one attached hydrogen (secondary N) is 2. The summed E-state index contributed by atoms with van der Waals surface area (Å²) >= 11 is 0. The van der Waals surface area contributed by atoms with Gasteiger partial charge in [0.05, 0.1) is 6.61 Å². The molecule has 52 heavy (non-hydrogen) atoms. The van der Waals surface area contributed by atoms with Gasteiger partial charge in [-0.05, 0) is 56.7 Å². The van der Waals surface area contributed by atoms with Crippen molar-refractivity contribution in [3.63, 3.8) is 0 Å². The van der Waals surface area contributed by atoms with E-state index in [1.54, 1.807) is 41.5 Å². The summed E-state index contributed by atoms with van der Waals surface area (Å²) in [5.41, 5.74) is 1.25. The maximum absolute atomic E-state index is 13.6. The molecule has 1 fully saturated rings. The van der Waals surface area contributed by atoms with Crippen LogP contribution in [0.15, 0.2) is 107 Å². The van der Waals surface area contributed by atoms with E-state index in [1.807, 2.05) is 54.6 Å². The first-order valence-electron chi connectivity index (χ1n) is 17.7. The molecule has 2 N–H and O–H groups in total. The second kappa shape index (κ2) is 16.6. The van der Waals surface area contributed by atoms with Gasteiger partial charge in [-0.1, -0.05) is 105 Å². The number of alkyl carbamates (subject to hydrolysis) is 1. The number of amides is 1. The maximum Gasteiger partial charge on any atom is 0.408 e. The third kappa shape index (κ3) is 9.07. The Kier molecular flexibility index (Phi) is 12.2. The second-order valence-corrected chi connectivity index (χ2v) is 14.5. The van der Waals surface area contributed by atoms with Crippen LogP contribution in [0.2, 0.25) is 0 Å². The van der Waals surface area contributed by atoms with E-state index in [9.17, 15) is 19.2 Å². The lowest BCUT2D eigenvalue weighted by Gasteiger charge is -2.36. The molecule has 5 rings (SSSR count). The zero-order chi connectivity index (χ0) is 37.5. The number of H-pyrrole nitrogens is 1. The Balaban J connectivity index is 1.39. The molecule has 2 heterocycles. The normalized spacial score (nSPS) is 18.2. The molecule has 1 aromatic heterocycles. The summed E-state index contributed by atoms with van der Waals surface area (Å²) in [6, 6.07) is 29.9. The van der Waals surface area contributed by atoms with Gasteiger partial charge in [0.1, 0.15) is 30.1 Å². The van der Waals surface area contributed by atoms with Crippen molar-refractivity contribution in [3.8, 4) is 0 Å². The summed E-state index contributed by atoms with van der Waals surface area (Å²) in [5, 5.41) is 2.64. The average molecular weight is 712 g/mol. The molecular weight excluding hydrogens is 662 g/mol. The first kappa shape index (κ1) is 38.2. The van der Waals surface area contributed by atoms with Crippen molar-refractivity contribution in [1.82, 2.24) is 14.9 Å². The molecule has 1 saturated heterocycles. The monoisotopic (exact) mass is 711 g/mol. The third-order valence-electron chi connectivity index (χ3n) is 9.20. The zero-order valence-electron chi connectivity index (χ0n) is 30.7. The first-order chi connectivity index (χ1) is 24.8. The Morgan fingerprint density at radius 2 is 1.44 bits per heavy atom. The van der Waals surface area contributed by atoms with E-state index in [0.717, 1.165) is 16.7 Å². The van der Waals surface area contributed by atoms with Crippen LogP contribution in [0.25, 0.3) is 0 Å². The van der Waals surface area contributed by atoms with E-state index in [2.05, 4.69) is 46.7 Å². The Hall–Kier alpha value is -5.00. The van der Waals surface area contributed by atoms with Gasteiger partial charge in [-0.25, -0.2) is 14.4 Å². The molecule has 0 radical (unpaired) electrons. The summed E-state index contributed by atoms with van der Waals surface area (Å²) in [6.45, 7) is 10.7. The van der Waals surface area contributed by atoms with E-state index in [0.29, 0.717) is 18.6 Å². The smallest absolute Gasteiger partial charge is 0.408 e. The van der Waals surface area contributed by atoms with Crippen LogP contribution in [0.3, 0.4) is 0 Å². The van der Waals surface area contributed by atoms with Crippen molar-refractivity contribution in [1.29, 1.82) is 0 Å². The predicted octanol–water partition coefficient (Wildman–Crippen LogP) is 6.03. The van der Waals surface area contributed by atoms with E-state index in [1.165, 1.54) is 10.8 Å². The molecule has 0 spiro atoms. The van der Waals surface area contributed by atoms with Crippen LogP contribution in [0.4, 0.5) is 4.79 Å². The minimum atomic E-state index is -1.00. The minimum absolute atomic E-state index is 0.0474. The molecule has 4 atom stereocenters. The van der Waals surface area contributed by atoms with Gasteiger partial charge in [0.25, 0.3) is 5.56 Å². The van der Waals surface area contributed by atoms with E-state index >= 15 is 0 Å². The Morgan fingerprint density at radius 1 is 0.904 bits per heavy atom. The van der Waals surface area contributed by atoms with Crippen molar-refractivity contribution in [2.24, 2.45) is 5.92 Å². The lowest BCUT2D eigenvalue weighted by atomic mass is 9.67. The number of carbonyl (C=O) groups is 2. The highest BCUT2D eigenvalue weighted by molar-refractivity contribution is 5.81. The fraction of sp³-hybridized carbons (Fsp3) is 0.415. The highest BCUT2D eigenvalue weighted by atomic mass is 16.6. The molecule has 0 bridgehead atoms. The molecule has 276 valence electrons. The van der Waals surface area contributed by atoms with Crippen molar-refractivity contribution in [2.45, 2.75) is 89.9 Å². The van der Waals surface area contributed by atoms with E-state index in [4.69, 9.17) is 18.9 Å². The summed E-state index contributed by atoms with van der Waals surface area (Å²) in [5.74, 6) is -0.985. The number of rotatable bonds is 13. The van der Waals surface area contributed by atoms with Gasteiger partial charge in [-0.15, -0.1) is 0 Å². The number of hydrogen-bond donors (Lipinski definition) is 2. The second-order valence-electron chi connectivity index (χ2n) is 14.5. The zero-order valence-corrected chi connectivity index (χ0v) is 30.7. The van der Waals surface area contributed by atoms with Crippen molar-refractivity contribution < 1.29 is 28.5 Å². The molecule has 11 nitrogen and oxygen atoms in total. The molecule has 0 saturated carbocycles. The Labute approximate surface area is 304 Å². The lowest BCUT2D eigenvalue weighted by molar-refractivity contribution is -0.157. The fourth-order valence-corrected chi connectivity index (χ4v) is 6.63. The molecule has 1 aliphatic heterocycles. The number of aromatic amines is 1. The van der Waals surface area contributed by atoms with Gasteiger partial charge in [-0.2, -0.15) is 0 Å². The standard InChI is InChI=1S/C41H49N3O8/c1-27(2)35(42-39(48)52-40(4,5)6)37(46)51-32-24-34(44-25-28(3)36(45)43-38(44)47)50-33(32)26-49-23-22-41(29-16-10-7-11-17-29,30-18-12-8-13-19-30)31-20-14-9-15-21-31/h7-21,25,27,32-35H,22-24,26H2,1-6H3,(H,42,48)(H,43,45,47)/t32-,33+,34+,35?/m0/s1. The van der Waals surface area contributed by atoms with Crippen molar-refractivity contribution in [3.05, 3.63) is 140 Å². The molecule has 11 heteroatoms. The number of nitrogens with zero attached hydrogens (tertiary/aromatic N) is 1. The summed E-state index contributed by atoms with van der Waals surface area (Å²) in [4.78, 5) is 53.5. The van der Waals surface area contributed by atoms with Crippen LogP contribution >= 0.6 is 0 Å². The van der Waals surface area contributed by atoms with Crippen molar-refractivity contribution >= 4 is 12.1 Å². The van der Waals surface area contributed by atoms with E-state index in [-0.39, 0.29) is 18.9 Å². The highest BCUT2D eigenvalue weighted by Gasteiger charge is 2.42. The van der Waals surface area contributed by atoms with Gasteiger partial charge in [0.15, 0.2) is 0 Å². The van der Waals surface area contributed by atoms with Gasteiger partial charge in [0.2, 0.25) is 0 Å². The number of aryl methyl sites for hydroxylation is 1. The number of aromatic nitrogens is 2. The topological polar surface area (TPSA) is 138 Å². The minimum Gasteiger partial charge on any atom is -0.458 e. The van der Waals surface area contributed by atoms with Gasteiger partial charge >= 0.3 is 17.8 Å². The van der Waals surface area contributed by atoms with Gasteiger partial charge in [0, 0.05) is 30.2 Å². The summed E-state index contributed by atoms with van der Waals surface area (Å²) in [6.07, 6.45) is -1.05. The predicted molar refractivity (Wildman–Crippen MR) is 197 cm³/mol.